The molecule has 0 aliphatic rings. The van der Waals surface area contributed by atoms with Crippen LogP contribution in [0.1, 0.15) is 46.5 Å². The Labute approximate surface area is 76.0 Å². The zero-order valence-corrected chi connectivity index (χ0v) is 8.48. The second-order valence-electron chi connectivity index (χ2n) is 3.47. The molecule has 0 rings (SSSR count). The minimum absolute atomic E-state index is 0.302. The highest BCUT2D eigenvalue weighted by atomic mass is 15.0. The summed E-state index contributed by atoms with van der Waals surface area (Å²) in [5, 5.41) is 12.2. The summed E-state index contributed by atoms with van der Waals surface area (Å²) in [7, 11) is 0. The largest absolute Gasteiger partial charge is 0.300 e. The molecule has 12 heavy (non-hydrogen) atoms. The highest BCUT2D eigenvalue weighted by molar-refractivity contribution is 5.03. The standard InChI is InChI=1S/C10H20N2/c1-4-6-8-12-10(3,9-11)7-5-2/h12H,4-8H2,1-3H3. The van der Waals surface area contributed by atoms with E-state index in [1.54, 1.807) is 0 Å². The molecule has 0 aromatic carbocycles. The van der Waals surface area contributed by atoms with Gasteiger partial charge in [0.2, 0.25) is 0 Å². The lowest BCUT2D eigenvalue weighted by Gasteiger charge is -2.22. The van der Waals surface area contributed by atoms with E-state index in [-0.39, 0.29) is 5.54 Å². The van der Waals surface area contributed by atoms with Crippen molar-refractivity contribution in [2.45, 2.75) is 52.0 Å². The molecule has 2 heteroatoms. The first-order chi connectivity index (χ1) is 5.68. The van der Waals surface area contributed by atoms with Gasteiger partial charge in [-0.2, -0.15) is 5.26 Å². The van der Waals surface area contributed by atoms with Gasteiger partial charge in [-0.25, -0.2) is 0 Å². The molecule has 0 heterocycles. The Morgan fingerprint density at radius 3 is 2.42 bits per heavy atom. The van der Waals surface area contributed by atoms with Crippen LogP contribution >= 0.6 is 0 Å². The Hall–Kier alpha value is -0.550. The summed E-state index contributed by atoms with van der Waals surface area (Å²) in [4.78, 5) is 0. The van der Waals surface area contributed by atoms with E-state index < -0.39 is 0 Å². The lowest BCUT2D eigenvalue weighted by atomic mass is 9.98. The maximum absolute atomic E-state index is 8.90. The van der Waals surface area contributed by atoms with Crippen LogP contribution in [-0.4, -0.2) is 12.1 Å². The number of nitrogens with one attached hydrogen (secondary N) is 1. The number of nitriles is 1. The second-order valence-corrected chi connectivity index (χ2v) is 3.47. The molecule has 0 radical (unpaired) electrons. The van der Waals surface area contributed by atoms with Crippen molar-refractivity contribution in [1.82, 2.24) is 5.32 Å². The zero-order chi connectivity index (χ0) is 9.45. The van der Waals surface area contributed by atoms with Crippen molar-refractivity contribution in [3.8, 4) is 6.07 Å². The summed E-state index contributed by atoms with van der Waals surface area (Å²) in [5.41, 5.74) is -0.302. The number of rotatable bonds is 6. The fourth-order valence-electron chi connectivity index (χ4n) is 1.22. The van der Waals surface area contributed by atoms with Gasteiger partial charge in [0.15, 0.2) is 0 Å². The van der Waals surface area contributed by atoms with Gasteiger partial charge in [0.25, 0.3) is 0 Å². The van der Waals surface area contributed by atoms with Crippen LogP contribution < -0.4 is 5.32 Å². The third-order valence-corrected chi connectivity index (χ3v) is 2.04. The van der Waals surface area contributed by atoms with Gasteiger partial charge in [0.05, 0.1) is 6.07 Å². The molecule has 0 saturated carbocycles. The van der Waals surface area contributed by atoms with Crippen molar-refractivity contribution in [3.05, 3.63) is 0 Å². The fourth-order valence-corrected chi connectivity index (χ4v) is 1.22. The quantitative estimate of drug-likeness (QED) is 0.618. The van der Waals surface area contributed by atoms with Gasteiger partial charge in [-0.15, -0.1) is 0 Å². The summed E-state index contributed by atoms with van der Waals surface area (Å²) in [5.74, 6) is 0. The monoisotopic (exact) mass is 168 g/mol. The SMILES string of the molecule is CCCCNC(C)(C#N)CCC. The molecule has 0 amide bonds. The lowest BCUT2D eigenvalue weighted by Crippen LogP contribution is -2.41. The molecular weight excluding hydrogens is 148 g/mol. The maximum atomic E-state index is 8.90. The minimum Gasteiger partial charge on any atom is -0.300 e. The molecule has 1 unspecified atom stereocenters. The molecule has 2 nitrogen and oxygen atoms in total. The van der Waals surface area contributed by atoms with Crippen LogP contribution in [0.2, 0.25) is 0 Å². The van der Waals surface area contributed by atoms with E-state index in [4.69, 9.17) is 5.26 Å². The third kappa shape index (κ3) is 4.35. The second kappa shape index (κ2) is 6.02. The van der Waals surface area contributed by atoms with E-state index in [9.17, 15) is 0 Å². The van der Waals surface area contributed by atoms with Crippen LogP contribution in [0.5, 0.6) is 0 Å². The van der Waals surface area contributed by atoms with E-state index in [1.165, 1.54) is 6.42 Å². The van der Waals surface area contributed by atoms with Gasteiger partial charge in [-0.1, -0.05) is 26.7 Å². The van der Waals surface area contributed by atoms with Crippen LogP contribution in [0.15, 0.2) is 0 Å². The summed E-state index contributed by atoms with van der Waals surface area (Å²) >= 11 is 0. The molecule has 1 N–H and O–H groups in total. The van der Waals surface area contributed by atoms with Crippen molar-refractivity contribution in [3.63, 3.8) is 0 Å². The van der Waals surface area contributed by atoms with Crippen molar-refractivity contribution >= 4 is 0 Å². The molecule has 0 aromatic heterocycles. The van der Waals surface area contributed by atoms with Crippen LogP contribution in [0, 0.1) is 11.3 Å². The predicted molar refractivity (Wildman–Crippen MR) is 51.8 cm³/mol. The Morgan fingerprint density at radius 2 is 2.00 bits per heavy atom. The summed E-state index contributed by atoms with van der Waals surface area (Å²) in [6.45, 7) is 7.20. The Kier molecular flexibility index (Phi) is 5.74. The first-order valence-electron chi connectivity index (χ1n) is 4.84. The van der Waals surface area contributed by atoms with Gasteiger partial charge in [-0.05, 0) is 26.3 Å². The summed E-state index contributed by atoms with van der Waals surface area (Å²) in [6.07, 6.45) is 4.33. The molecular formula is C10H20N2. The first-order valence-corrected chi connectivity index (χ1v) is 4.84. The van der Waals surface area contributed by atoms with Gasteiger partial charge >= 0.3 is 0 Å². The summed E-state index contributed by atoms with van der Waals surface area (Å²) in [6, 6.07) is 2.33. The van der Waals surface area contributed by atoms with E-state index in [2.05, 4.69) is 25.2 Å². The molecule has 1 atom stereocenters. The smallest absolute Gasteiger partial charge is 0.103 e. The Balaban J connectivity index is 3.73. The Bertz CT molecular complexity index is 148. The number of hydrogen-bond donors (Lipinski definition) is 1. The van der Waals surface area contributed by atoms with Crippen molar-refractivity contribution < 1.29 is 0 Å². The normalized spacial score (nSPS) is 15.2. The molecule has 0 aliphatic heterocycles. The van der Waals surface area contributed by atoms with Crippen molar-refractivity contribution in [2.24, 2.45) is 0 Å². The minimum atomic E-state index is -0.302. The van der Waals surface area contributed by atoms with E-state index in [1.807, 2.05) is 6.92 Å². The Morgan fingerprint density at radius 1 is 1.33 bits per heavy atom. The van der Waals surface area contributed by atoms with Crippen LogP contribution in [0.3, 0.4) is 0 Å². The van der Waals surface area contributed by atoms with Crippen LogP contribution in [0.25, 0.3) is 0 Å². The third-order valence-electron chi connectivity index (χ3n) is 2.04. The molecule has 0 bridgehead atoms. The molecule has 0 saturated heterocycles. The maximum Gasteiger partial charge on any atom is 0.103 e. The first kappa shape index (κ1) is 11.4. The average Bonchev–Trinajstić information content (AvgIpc) is 2.06. The molecule has 0 aromatic rings. The van der Waals surface area contributed by atoms with E-state index >= 15 is 0 Å². The number of hydrogen-bond acceptors (Lipinski definition) is 2. The van der Waals surface area contributed by atoms with Gasteiger partial charge in [0.1, 0.15) is 5.54 Å². The summed E-state index contributed by atoms with van der Waals surface area (Å²) < 4.78 is 0. The van der Waals surface area contributed by atoms with Crippen molar-refractivity contribution in [1.29, 1.82) is 5.26 Å². The van der Waals surface area contributed by atoms with Crippen molar-refractivity contribution in [2.75, 3.05) is 6.54 Å². The molecule has 0 aliphatic carbocycles. The predicted octanol–water partition coefficient (Wildman–Crippen LogP) is 2.46. The molecule has 0 spiro atoms. The van der Waals surface area contributed by atoms with Gasteiger partial charge < -0.3 is 0 Å². The number of unbranched alkanes of at least 4 members (excludes halogenated alkanes) is 1. The highest BCUT2D eigenvalue weighted by Gasteiger charge is 2.20. The molecule has 70 valence electrons. The van der Waals surface area contributed by atoms with Crippen LogP contribution in [-0.2, 0) is 0 Å². The highest BCUT2D eigenvalue weighted by Crippen LogP contribution is 2.10. The lowest BCUT2D eigenvalue weighted by molar-refractivity contribution is 0.409. The van der Waals surface area contributed by atoms with E-state index in [0.29, 0.717) is 0 Å². The topological polar surface area (TPSA) is 35.8 Å². The van der Waals surface area contributed by atoms with Gasteiger partial charge in [0, 0.05) is 0 Å². The van der Waals surface area contributed by atoms with Gasteiger partial charge in [-0.3, -0.25) is 5.32 Å². The van der Waals surface area contributed by atoms with E-state index in [0.717, 1.165) is 25.8 Å². The number of nitrogens with zero attached hydrogens (tertiary/aromatic N) is 1. The zero-order valence-electron chi connectivity index (χ0n) is 8.48. The molecule has 0 fully saturated rings. The fraction of sp³-hybridized carbons (Fsp3) is 0.900. The van der Waals surface area contributed by atoms with Crippen LogP contribution in [0.4, 0.5) is 0 Å². The average molecular weight is 168 g/mol.